The molecule has 0 fully saturated rings. The van der Waals surface area contributed by atoms with E-state index in [0.29, 0.717) is 13.2 Å². The number of hydrogen-bond donors (Lipinski definition) is 2. The van der Waals surface area contributed by atoms with Gasteiger partial charge in [0.05, 0.1) is 13.2 Å². The summed E-state index contributed by atoms with van der Waals surface area (Å²) in [6.45, 7) is 0.836. The summed E-state index contributed by atoms with van der Waals surface area (Å²) in [7, 11) is 0. The van der Waals surface area contributed by atoms with E-state index in [1.807, 2.05) is 48.5 Å². The first-order valence-corrected chi connectivity index (χ1v) is 6.42. The molecule has 0 atom stereocenters. The summed E-state index contributed by atoms with van der Waals surface area (Å²) in [5.41, 5.74) is 8.17. The van der Waals surface area contributed by atoms with Crippen molar-refractivity contribution >= 4 is 0 Å². The quantitative estimate of drug-likeness (QED) is 0.834. The van der Waals surface area contributed by atoms with Gasteiger partial charge in [0.1, 0.15) is 12.4 Å². The van der Waals surface area contributed by atoms with Crippen LogP contribution in [-0.2, 0) is 13.2 Å². The Labute approximate surface area is 119 Å². The van der Waals surface area contributed by atoms with Crippen LogP contribution in [0.5, 0.6) is 5.75 Å². The van der Waals surface area contributed by atoms with Gasteiger partial charge >= 0.3 is 0 Å². The van der Waals surface area contributed by atoms with Crippen molar-refractivity contribution in [2.75, 3.05) is 6.54 Å². The minimum atomic E-state index is 0.0152. The summed E-state index contributed by atoms with van der Waals surface area (Å²) in [6, 6.07) is 15.3. The summed E-state index contributed by atoms with van der Waals surface area (Å²) in [5.74, 6) is 6.57. The lowest BCUT2D eigenvalue weighted by atomic mass is 10.1. The molecule has 0 aliphatic heterocycles. The van der Waals surface area contributed by atoms with Crippen LogP contribution in [0, 0.1) is 11.8 Å². The van der Waals surface area contributed by atoms with Crippen molar-refractivity contribution < 1.29 is 9.84 Å². The fourth-order valence-corrected chi connectivity index (χ4v) is 1.79. The summed E-state index contributed by atoms with van der Waals surface area (Å²) in [6.07, 6.45) is 0. The fourth-order valence-electron chi connectivity index (χ4n) is 1.79. The Balaban J connectivity index is 2.03. The highest BCUT2D eigenvalue weighted by molar-refractivity contribution is 5.37. The minimum Gasteiger partial charge on any atom is -0.489 e. The van der Waals surface area contributed by atoms with Crippen molar-refractivity contribution in [3.8, 4) is 17.6 Å². The van der Waals surface area contributed by atoms with Gasteiger partial charge in [0, 0.05) is 5.56 Å². The first kappa shape index (κ1) is 14.1. The van der Waals surface area contributed by atoms with Gasteiger partial charge in [-0.25, -0.2) is 0 Å². The number of aliphatic hydroxyl groups excluding tert-OH is 1. The summed E-state index contributed by atoms with van der Waals surface area (Å²) >= 11 is 0. The molecule has 0 unspecified atom stereocenters. The van der Waals surface area contributed by atoms with Crippen LogP contribution in [0.3, 0.4) is 0 Å². The van der Waals surface area contributed by atoms with E-state index >= 15 is 0 Å². The van der Waals surface area contributed by atoms with E-state index in [9.17, 15) is 0 Å². The van der Waals surface area contributed by atoms with Crippen LogP contribution in [-0.4, -0.2) is 11.7 Å². The maximum Gasteiger partial charge on any atom is 0.120 e. The molecule has 0 bridgehead atoms. The molecule has 0 aliphatic carbocycles. The zero-order valence-corrected chi connectivity index (χ0v) is 11.2. The third kappa shape index (κ3) is 4.13. The standard InChI is InChI=1S/C17H17NO2/c18-9-3-7-14-4-1-6-16(10-14)13-20-17-8-2-5-15(11-17)12-19/h1-2,4-6,8,10-11,19H,9,12-13,18H2. The smallest absolute Gasteiger partial charge is 0.120 e. The van der Waals surface area contributed by atoms with Gasteiger partial charge in [-0.1, -0.05) is 36.1 Å². The zero-order chi connectivity index (χ0) is 14.2. The van der Waals surface area contributed by atoms with Crippen LogP contribution in [0.25, 0.3) is 0 Å². The molecule has 0 amide bonds. The topological polar surface area (TPSA) is 55.5 Å². The molecule has 2 aromatic carbocycles. The molecule has 0 saturated heterocycles. The summed E-state index contributed by atoms with van der Waals surface area (Å²) in [5, 5.41) is 9.09. The first-order valence-electron chi connectivity index (χ1n) is 6.42. The second-order valence-corrected chi connectivity index (χ2v) is 4.30. The second kappa shape index (κ2) is 7.34. The minimum absolute atomic E-state index is 0.0152. The lowest BCUT2D eigenvalue weighted by Gasteiger charge is -2.07. The fraction of sp³-hybridized carbons (Fsp3) is 0.176. The molecular weight excluding hydrogens is 250 g/mol. The Kier molecular flexibility index (Phi) is 5.19. The van der Waals surface area contributed by atoms with Crippen molar-refractivity contribution in [3.63, 3.8) is 0 Å². The van der Waals surface area contributed by atoms with E-state index in [1.165, 1.54) is 0 Å². The predicted molar refractivity (Wildman–Crippen MR) is 79.1 cm³/mol. The molecule has 102 valence electrons. The van der Waals surface area contributed by atoms with Crippen molar-refractivity contribution in [2.45, 2.75) is 13.2 Å². The number of ether oxygens (including phenoxy) is 1. The van der Waals surface area contributed by atoms with Crippen LogP contribution in [0.4, 0.5) is 0 Å². The Morgan fingerprint density at radius 1 is 1.05 bits per heavy atom. The highest BCUT2D eigenvalue weighted by Crippen LogP contribution is 2.15. The lowest BCUT2D eigenvalue weighted by Crippen LogP contribution is -1.97. The largest absolute Gasteiger partial charge is 0.489 e. The monoisotopic (exact) mass is 267 g/mol. The van der Waals surface area contributed by atoms with Crippen LogP contribution < -0.4 is 10.5 Å². The summed E-state index contributed by atoms with van der Waals surface area (Å²) < 4.78 is 5.71. The highest BCUT2D eigenvalue weighted by atomic mass is 16.5. The number of benzene rings is 2. The zero-order valence-electron chi connectivity index (χ0n) is 11.2. The van der Waals surface area contributed by atoms with Gasteiger partial charge in [0.25, 0.3) is 0 Å². The van der Waals surface area contributed by atoms with Crippen LogP contribution in [0.1, 0.15) is 16.7 Å². The highest BCUT2D eigenvalue weighted by Gasteiger charge is 1.98. The van der Waals surface area contributed by atoms with Gasteiger partial charge in [0.15, 0.2) is 0 Å². The molecule has 3 nitrogen and oxygen atoms in total. The first-order chi connectivity index (χ1) is 9.81. The molecule has 3 N–H and O–H groups in total. The van der Waals surface area contributed by atoms with Crippen molar-refractivity contribution in [1.29, 1.82) is 0 Å². The molecule has 3 heteroatoms. The maximum atomic E-state index is 9.09. The van der Waals surface area contributed by atoms with E-state index in [1.54, 1.807) is 0 Å². The van der Waals surface area contributed by atoms with E-state index in [0.717, 1.165) is 22.4 Å². The van der Waals surface area contributed by atoms with Crippen LogP contribution in [0.15, 0.2) is 48.5 Å². The maximum absolute atomic E-state index is 9.09. The number of rotatable bonds is 4. The molecule has 0 heterocycles. The molecule has 2 aromatic rings. The summed E-state index contributed by atoms with van der Waals surface area (Å²) in [4.78, 5) is 0. The molecule has 0 saturated carbocycles. The Morgan fingerprint density at radius 2 is 1.85 bits per heavy atom. The molecule has 20 heavy (non-hydrogen) atoms. The average molecular weight is 267 g/mol. The van der Waals surface area contributed by atoms with Gasteiger partial charge in [-0.15, -0.1) is 0 Å². The van der Waals surface area contributed by atoms with Crippen molar-refractivity contribution in [1.82, 2.24) is 0 Å². The third-order valence-electron chi connectivity index (χ3n) is 2.75. The van der Waals surface area contributed by atoms with Gasteiger partial charge in [-0.05, 0) is 35.4 Å². The lowest BCUT2D eigenvalue weighted by molar-refractivity contribution is 0.278. The average Bonchev–Trinajstić information content (AvgIpc) is 2.51. The number of hydrogen-bond acceptors (Lipinski definition) is 3. The number of aliphatic hydroxyl groups is 1. The normalized spacial score (nSPS) is 9.70. The van der Waals surface area contributed by atoms with Crippen LogP contribution >= 0.6 is 0 Å². The van der Waals surface area contributed by atoms with E-state index in [2.05, 4.69) is 11.8 Å². The Bertz CT molecular complexity index is 626. The SMILES string of the molecule is NCC#Cc1cccc(COc2cccc(CO)c2)c1. The molecule has 2 rings (SSSR count). The van der Waals surface area contributed by atoms with Crippen molar-refractivity contribution in [2.24, 2.45) is 5.73 Å². The van der Waals surface area contributed by atoms with Crippen LogP contribution in [0.2, 0.25) is 0 Å². The van der Waals surface area contributed by atoms with E-state index in [-0.39, 0.29) is 6.61 Å². The molecule has 0 aliphatic rings. The van der Waals surface area contributed by atoms with Gasteiger partial charge < -0.3 is 15.6 Å². The van der Waals surface area contributed by atoms with Gasteiger partial charge in [-0.2, -0.15) is 0 Å². The Morgan fingerprint density at radius 3 is 2.65 bits per heavy atom. The van der Waals surface area contributed by atoms with E-state index < -0.39 is 0 Å². The molecular formula is C17H17NO2. The molecule has 0 spiro atoms. The van der Waals surface area contributed by atoms with Gasteiger partial charge in [-0.3, -0.25) is 0 Å². The number of nitrogens with two attached hydrogens (primary N) is 1. The predicted octanol–water partition coefficient (Wildman–Crippen LogP) is 2.07. The molecule has 0 aromatic heterocycles. The Hall–Kier alpha value is -2.28. The third-order valence-corrected chi connectivity index (χ3v) is 2.75. The second-order valence-electron chi connectivity index (χ2n) is 4.30. The van der Waals surface area contributed by atoms with Gasteiger partial charge in [0.2, 0.25) is 0 Å². The van der Waals surface area contributed by atoms with Crippen molar-refractivity contribution in [3.05, 3.63) is 65.2 Å². The molecule has 0 radical (unpaired) electrons. The van der Waals surface area contributed by atoms with E-state index in [4.69, 9.17) is 15.6 Å².